The number of rotatable bonds is 4. The molecule has 0 aromatic heterocycles. The average molecular weight is 298 g/mol. The van der Waals surface area contributed by atoms with E-state index in [2.05, 4.69) is 5.32 Å². The van der Waals surface area contributed by atoms with E-state index in [4.69, 9.17) is 10.5 Å². The summed E-state index contributed by atoms with van der Waals surface area (Å²) in [5.41, 5.74) is 8.82. The molecule has 2 aromatic carbocycles. The van der Waals surface area contributed by atoms with Crippen LogP contribution in [-0.2, 0) is 11.3 Å². The van der Waals surface area contributed by atoms with Gasteiger partial charge in [-0.1, -0.05) is 35.9 Å². The number of carbonyl (C=O) groups excluding carboxylic acids is 2. The Morgan fingerprint density at radius 3 is 2.41 bits per heavy atom. The summed E-state index contributed by atoms with van der Waals surface area (Å²) < 4.78 is 5.16. The Morgan fingerprint density at radius 2 is 1.77 bits per heavy atom. The molecule has 5 nitrogen and oxygen atoms in total. The van der Waals surface area contributed by atoms with Crippen LogP contribution in [0.15, 0.2) is 42.5 Å². The molecule has 22 heavy (non-hydrogen) atoms. The SMILES string of the molecule is Cc1ccc(COC(=O)Nc2cccc(C(N)=O)c2C)cc1. The number of benzene rings is 2. The predicted molar refractivity (Wildman–Crippen MR) is 84.7 cm³/mol. The number of ether oxygens (including phenoxy) is 1. The third kappa shape index (κ3) is 3.85. The number of primary amides is 1. The first-order valence-corrected chi connectivity index (χ1v) is 6.86. The zero-order valence-electron chi connectivity index (χ0n) is 12.6. The van der Waals surface area contributed by atoms with Crippen LogP contribution >= 0.6 is 0 Å². The molecule has 2 amide bonds. The first-order valence-electron chi connectivity index (χ1n) is 6.86. The predicted octanol–water partition coefficient (Wildman–Crippen LogP) is 3.15. The van der Waals surface area contributed by atoms with Crippen LogP contribution in [0, 0.1) is 13.8 Å². The largest absolute Gasteiger partial charge is 0.444 e. The number of nitrogens with two attached hydrogens (primary N) is 1. The number of hydrogen-bond donors (Lipinski definition) is 2. The Bertz CT molecular complexity index is 694. The first kappa shape index (κ1) is 15.6. The average Bonchev–Trinajstić information content (AvgIpc) is 2.48. The lowest BCUT2D eigenvalue weighted by molar-refractivity contribution is 0.0999. The van der Waals surface area contributed by atoms with Crippen molar-refractivity contribution in [2.24, 2.45) is 5.73 Å². The van der Waals surface area contributed by atoms with Gasteiger partial charge in [0.15, 0.2) is 0 Å². The summed E-state index contributed by atoms with van der Waals surface area (Å²) in [5.74, 6) is -0.533. The highest BCUT2D eigenvalue weighted by atomic mass is 16.5. The van der Waals surface area contributed by atoms with Gasteiger partial charge in [-0.25, -0.2) is 4.79 Å². The zero-order chi connectivity index (χ0) is 16.1. The van der Waals surface area contributed by atoms with Crippen molar-refractivity contribution < 1.29 is 14.3 Å². The van der Waals surface area contributed by atoms with Gasteiger partial charge in [0.2, 0.25) is 5.91 Å². The summed E-state index contributed by atoms with van der Waals surface area (Å²) in [4.78, 5) is 23.1. The Morgan fingerprint density at radius 1 is 1.09 bits per heavy atom. The molecule has 0 spiro atoms. The highest BCUT2D eigenvalue weighted by Gasteiger charge is 2.11. The lowest BCUT2D eigenvalue weighted by Gasteiger charge is -2.11. The summed E-state index contributed by atoms with van der Waals surface area (Å²) in [6.45, 7) is 3.89. The van der Waals surface area contributed by atoms with Crippen LogP contribution < -0.4 is 11.1 Å². The Balaban J connectivity index is 1.99. The molecule has 0 aliphatic heterocycles. The van der Waals surface area contributed by atoms with Crippen LogP contribution in [0.3, 0.4) is 0 Å². The van der Waals surface area contributed by atoms with E-state index in [-0.39, 0.29) is 6.61 Å². The maximum Gasteiger partial charge on any atom is 0.411 e. The summed E-state index contributed by atoms with van der Waals surface area (Å²) in [5, 5.41) is 2.62. The highest BCUT2D eigenvalue weighted by molar-refractivity contribution is 5.97. The van der Waals surface area contributed by atoms with Crippen LogP contribution in [0.25, 0.3) is 0 Å². The van der Waals surface area contributed by atoms with E-state index < -0.39 is 12.0 Å². The van der Waals surface area contributed by atoms with Gasteiger partial charge in [0.05, 0.1) is 0 Å². The van der Waals surface area contributed by atoms with E-state index in [0.717, 1.165) is 11.1 Å². The molecule has 3 N–H and O–H groups in total. The van der Waals surface area contributed by atoms with Crippen LogP contribution in [0.4, 0.5) is 10.5 Å². The molecule has 0 atom stereocenters. The van der Waals surface area contributed by atoms with E-state index >= 15 is 0 Å². The number of hydrogen-bond acceptors (Lipinski definition) is 3. The van der Waals surface area contributed by atoms with E-state index in [1.807, 2.05) is 31.2 Å². The highest BCUT2D eigenvalue weighted by Crippen LogP contribution is 2.19. The van der Waals surface area contributed by atoms with Gasteiger partial charge in [-0.15, -0.1) is 0 Å². The quantitative estimate of drug-likeness (QED) is 0.909. The minimum atomic E-state index is -0.578. The van der Waals surface area contributed by atoms with Crippen LogP contribution in [0.1, 0.15) is 27.0 Å². The summed E-state index contributed by atoms with van der Waals surface area (Å²) >= 11 is 0. The zero-order valence-corrected chi connectivity index (χ0v) is 12.6. The fraction of sp³-hybridized carbons (Fsp3) is 0.176. The number of carbonyl (C=O) groups is 2. The molecular weight excluding hydrogens is 280 g/mol. The molecule has 5 heteroatoms. The lowest BCUT2D eigenvalue weighted by atomic mass is 10.1. The summed E-state index contributed by atoms with van der Waals surface area (Å²) in [6.07, 6.45) is -0.578. The molecular formula is C17H18N2O3. The van der Waals surface area contributed by atoms with Crippen molar-refractivity contribution in [3.05, 3.63) is 64.7 Å². The second-order valence-corrected chi connectivity index (χ2v) is 5.03. The van der Waals surface area contributed by atoms with E-state index in [1.165, 1.54) is 0 Å². The molecule has 0 aliphatic rings. The van der Waals surface area contributed by atoms with E-state index in [9.17, 15) is 9.59 Å². The van der Waals surface area contributed by atoms with Crippen molar-refractivity contribution >= 4 is 17.7 Å². The van der Waals surface area contributed by atoms with Crippen LogP contribution in [0.2, 0.25) is 0 Å². The lowest BCUT2D eigenvalue weighted by Crippen LogP contribution is -2.17. The molecule has 0 bridgehead atoms. The third-order valence-corrected chi connectivity index (χ3v) is 3.33. The normalized spacial score (nSPS) is 10.1. The maximum atomic E-state index is 11.8. The first-order chi connectivity index (χ1) is 10.5. The number of amides is 2. The number of anilines is 1. The topological polar surface area (TPSA) is 81.4 Å². The molecule has 2 aromatic rings. The van der Waals surface area contributed by atoms with Gasteiger partial charge in [-0.05, 0) is 37.1 Å². The monoisotopic (exact) mass is 298 g/mol. The second kappa shape index (κ2) is 6.76. The summed E-state index contributed by atoms with van der Waals surface area (Å²) in [6, 6.07) is 12.7. The Kier molecular flexibility index (Phi) is 4.78. The summed E-state index contributed by atoms with van der Waals surface area (Å²) in [7, 11) is 0. The number of nitrogens with one attached hydrogen (secondary N) is 1. The van der Waals surface area contributed by atoms with Gasteiger partial charge >= 0.3 is 6.09 Å². The molecule has 0 aliphatic carbocycles. The minimum Gasteiger partial charge on any atom is -0.444 e. The van der Waals surface area contributed by atoms with Crippen molar-refractivity contribution in [3.63, 3.8) is 0 Å². The number of aryl methyl sites for hydroxylation is 1. The van der Waals surface area contributed by atoms with Gasteiger partial charge in [-0.3, -0.25) is 10.1 Å². The fourth-order valence-corrected chi connectivity index (χ4v) is 2.02. The van der Waals surface area contributed by atoms with Crippen LogP contribution in [0.5, 0.6) is 0 Å². The molecule has 2 rings (SSSR count). The maximum absolute atomic E-state index is 11.8. The van der Waals surface area contributed by atoms with Crippen molar-refractivity contribution in [2.75, 3.05) is 5.32 Å². The smallest absolute Gasteiger partial charge is 0.411 e. The minimum absolute atomic E-state index is 0.181. The van der Waals surface area contributed by atoms with Crippen LogP contribution in [-0.4, -0.2) is 12.0 Å². The van der Waals surface area contributed by atoms with Crippen molar-refractivity contribution in [1.29, 1.82) is 0 Å². The molecule has 0 saturated heterocycles. The molecule has 0 radical (unpaired) electrons. The third-order valence-electron chi connectivity index (χ3n) is 3.33. The fourth-order valence-electron chi connectivity index (χ4n) is 2.02. The van der Waals surface area contributed by atoms with Crippen molar-refractivity contribution in [1.82, 2.24) is 0 Å². The van der Waals surface area contributed by atoms with Gasteiger partial charge < -0.3 is 10.5 Å². The Hall–Kier alpha value is -2.82. The van der Waals surface area contributed by atoms with E-state index in [1.54, 1.807) is 25.1 Å². The van der Waals surface area contributed by atoms with Gasteiger partial charge in [0.25, 0.3) is 0 Å². The molecule has 114 valence electrons. The molecule has 0 unspecified atom stereocenters. The molecule has 0 fully saturated rings. The standard InChI is InChI=1S/C17H18N2O3/c1-11-6-8-13(9-7-11)10-22-17(21)19-15-5-3-4-14(12(15)2)16(18)20/h3-9H,10H2,1-2H3,(H2,18,20)(H,19,21). The second-order valence-electron chi connectivity index (χ2n) is 5.03. The molecule has 0 saturated carbocycles. The molecule has 0 heterocycles. The van der Waals surface area contributed by atoms with Gasteiger partial charge in [-0.2, -0.15) is 0 Å². The van der Waals surface area contributed by atoms with E-state index in [0.29, 0.717) is 16.8 Å². The van der Waals surface area contributed by atoms with Crippen molar-refractivity contribution in [3.8, 4) is 0 Å². The Labute approximate surface area is 129 Å². The van der Waals surface area contributed by atoms with Crippen molar-refractivity contribution in [2.45, 2.75) is 20.5 Å². The van der Waals surface area contributed by atoms with Gasteiger partial charge in [0, 0.05) is 11.3 Å². The van der Waals surface area contributed by atoms with Gasteiger partial charge in [0.1, 0.15) is 6.61 Å².